The summed E-state index contributed by atoms with van der Waals surface area (Å²) in [6.45, 7) is 4.87. The van der Waals surface area contributed by atoms with E-state index in [1.54, 1.807) is 11.8 Å². The Morgan fingerprint density at radius 1 is 1.64 bits per heavy atom. The SMILES string of the molecule is CCOC1=C(C)N(C)CS1.I. The van der Waals surface area contributed by atoms with Crippen LogP contribution in [-0.4, -0.2) is 24.4 Å². The minimum Gasteiger partial charge on any atom is -0.486 e. The van der Waals surface area contributed by atoms with Crippen molar-refractivity contribution in [2.75, 3.05) is 19.5 Å². The second-order valence-electron chi connectivity index (χ2n) is 2.28. The molecule has 0 radical (unpaired) electrons. The molecule has 0 N–H and O–H groups in total. The van der Waals surface area contributed by atoms with Crippen LogP contribution >= 0.6 is 35.7 Å². The Hall–Kier alpha value is 0.420. The Morgan fingerprint density at radius 3 is 2.64 bits per heavy atom. The van der Waals surface area contributed by atoms with Gasteiger partial charge in [0.25, 0.3) is 0 Å². The van der Waals surface area contributed by atoms with Crippen LogP contribution in [-0.2, 0) is 4.74 Å². The van der Waals surface area contributed by atoms with E-state index in [2.05, 4.69) is 18.9 Å². The van der Waals surface area contributed by atoms with Crippen molar-refractivity contribution in [2.24, 2.45) is 0 Å². The van der Waals surface area contributed by atoms with Crippen LogP contribution in [0.4, 0.5) is 0 Å². The summed E-state index contributed by atoms with van der Waals surface area (Å²) in [5.74, 6) is 1.03. The zero-order chi connectivity index (χ0) is 7.56. The van der Waals surface area contributed by atoms with Gasteiger partial charge in [0, 0.05) is 7.05 Å². The molecule has 0 aromatic carbocycles. The molecule has 1 rings (SSSR count). The monoisotopic (exact) mass is 287 g/mol. The van der Waals surface area contributed by atoms with Crippen molar-refractivity contribution >= 4 is 35.7 Å². The van der Waals surface area contributed by atoms with E-state index < -0.39 is 0 Å². The smallest absolute Gasteiger partial charge is 0.173 e. The Labute approximate surface area is 89.4 Å². The lowest BCUT2D eigenvalue weighted by Gasteiger charge is -2.09. The topological polar surface area (TPSA) is 12.5 Å². The van der Waals surface area contributed by atoms with Gasteiger partial charge >= 0.3 is 0 Å². The molecule has 0 saturated heterocycles. The zero-order valence-corrected chi connectivity index (χ0v) is 10.2. The fourth-order valence-electron chi connectivity index (χ4n) is 0.790. The predicted molar refractivity (Wildman–Crippen MR) is 60.0 cm³/mol. The Kier molecular flexibility index (Phi) is 5.33. The van der Waals surface area contributed by atoms with Crippen LogP contribution in [0.5, 0.6) is 0 Å². The number of hydrogen-bond donors (Lipinski definition) is 0. The van der Waals surface area contributed by atoms with E-state index in [4.69, 9.17) is 4.74 Å². The molecule has 0 spiro atoms. The molecule has 0 saturated carbocycles. The van der Waals surface area contributed by atoms with Crippen LogP contribution in [0.25, 0.3) is 0 Å². The summed E-state index contributed by atoms with van der Waals surface area (Å²) in [6.07, 6.45) is 0. The average Bonchev–Trinajstić information content (AvgIpc) is 2.20. The largest absolute Gasteiger partial charge is 0.486 e. The highest BCUT2D eigenvalue weighted by Gasteiger charge is 2.16. The number of allylic oxidation sites excluding steroid dienone is 1. The number of thioether (sulfide) groups is 1. The third kappa shape index (κ3) is 2.74. The second-order valence-corrected chi connectivity index (χ2v) is 3.19. The van der Waals surface area contributed by atoms with E-state index in [1.165, 1.54) is 5.70 Å². The molecular formula is C7H14INOS. The van der Waals surface area contributed by atoms with Crippen LogP contribution in [0.2, 0.25) is 0 Å². The van der Waals surface area contributed by atoms with E-state index in [0.29, 0.717) is 0 Å². The molecule has 1 heterocycles. The van der Waals surface area contributed by atoms with Crippen molar-refractivity contribution in [2.45, 2.75) is 13.8 Å². The summed E-state index contributed by atoms with van der Waals surface area (Å²) in [6, 6.07) is 0. The van der Waals surface area contributed by atoms with Crippen LogP contribution < -0.4 is 0 Å². The number of hydrogen-bond acceptors (Lipinski definition) is 3. The lowest BCUT2D eigenvalue weighted by molar-refractivity contribution is 0.250. The Morgan fingerprint density at radius 2 is 2.27 bits per heavy atom. The van der Waals surface area contributed by atoms with Crippen molar-refractivity contribution < 1.29 is 4.74 Å². The van der Waals surface area contributed by atoms with Crippen LogP contribution in [0, 0.1) is 0 Å². The number of rotatable bonds is 2. The fraction of sp³-hybridized carbons (Fsp3) is 0.714. The molecule has 4 heteroatoms. The molecule has 1 aliphatic rings. The molecule has 0 unspecified atom stereocenters. The molecule has 0 aliphatic carbocycles. The predicted octanol–water partition coefficient (Wildman–Crippen LogP) is 2.47. The molecule has 1 aliphatic heterocycles. The minimum absolute atomic E-state index is 0. The molecule has 0 aromatic heterocycles. The van der Waals surface area contributed by atoms with E-state index in [-0.39, 0.29) is 24.0 Å². The molecule has 0 fully saturated rings. The van der Waals surface area contributed by atoms with Crippen LogP contribution in [0.3, 0.4) is 0 Å². The Bertz CT molecular complexity index is 161. The van der Waals surface area contributed by atoms with Crippen molar-refractivity contribution in [1.29, 1.82) is 0 Å². The van der Waals surface area contributed by atoms with Crippen LogP contribution in [0.15, 0.2) is 10.8 Å². The molecule has 11 heavy (non-hydrogen) atoms. The summed E-state index contributed by atoms with van der Waals surface area (Å²) in [4.78, 5) is 2.19. The first kappa shape index (κ1) is 11.4. The number of halogens is 1. The quantitative estimate of drug-likeness (QED) is 0.724. The summed E-state index contributed by atoms with van der Waals surface area (Å²) < 4.78 is 5.39. The maximum absolute atomic E-state index is 5.39. The summed E-state index contributed by atoms with van der Waals surface area (Å²) in [5.41, 5.74) is 1.26. The molecule has 0 amide bonds. The minimum atomic E-state index is 0. The molecular weight excluding hydrogens is 273 g/mol. The van der Waals surface area contributed by atoms with Gasteiger partial charge in [0.15, 0.2) is 5.09 Å². The molecule has 66 valence electrons. The molecule has 0 atom stereocenters. The van der Waals surface area contributed by atoms with Gasteiger partial charge in [0.2, 0.25) is 0 Å². The van der Waals surface area contributed by atoms with Gasteiger partial charge in [0.1, 0.15) is 0 Å². The third-order valence-electron chi connectivity index (χ3n) is 1.53. The van der Waals surface area contributed by atoms with Crippen LogP contribution in [0.1, 0.15) is 13.8 Å². The van der Waals surface area contributed by atoms with E-state index in [9.17, 15) is 0 Å². The maximum Gasteiger partial charge on any atom is 0.173 e. The molecule has 0 bridgehead atoms. The highest BCUT2D eigenvalue weighted by Crippen LogP contribution is 2.30. The summed E-state index contributed by atoms with van der Waals surface area (Å²) in [5, 5.41) is 1.09. The van der Waals surface area contributed by atoms with Gasteiger partial charge in [-0.1, -0.05) is 11.8 Å². The van der Waals surface area contributed by atoms with Gasteiger partial charge in [-0.15, -0.1) is 24.0 Å². The zero-order valence-electron chi connectivity index (χ0n) is 7.09. The number of ether oxygens (including phenoxy) is 1. The molecule has 2 nitrogen and oxygen atoms in total. The summed E-state index contributed by atoms with van der Waals surface area (Å²) in [7, 11) is 2.08. The van der Waals surface area contributed by atoms with Crippen molar-refractivity contribution in [3.05, 3.63) is 10.8 Å². The van der Waals surface area contributed by atoms with Gasteiger partial charge in [0.05, 0.1) is 18.2 Å². The first-order valence-corrected chi connectivity index (χ1v) is 4.42. The van der Waals surface area contributed by atoms with E-state index >= 15 is 0 Å². The van der Waals surface area contributed by atoms with Crippen molar-refractivity contribution in [1.82, 2.24) is 4.90 Å². The highest BCUT2D eigenvalue weighted by molar-refractivity contribution is 14.0. The lowest BCUT2D eigenvalue weighted by Crippen LogP contribution is -2.09. The molecule has 0 aromatic rings. The third-order valence-corrected chi connectivity index (χ3v) is 2.72. The maximum atomic E-state index is 5.39. The van der Waals surface area contributed by atoms with Gasteiger partial charge in [-0.3, -0.25) is 0 Å². The highest BCUT2D eigenvalue weighted by atomic mass is 127. The van der Waals surface area contributed by atoms with Gasteiger partial charge < -0.3 is 9.64 Å². The fourth-order valence-corrected chi connectivity index (χ4v) is 1.86. The Balaban J connectivity index is 0.000001000. The summed E-state index contributed by atoms with van der Waals surface area (Å²) >= 11 is 1.77. The second kappa shape index (κ2) is 5.13. The standard InChI is InChI=1S/C7H13NOS.HI/c1-4-9-7-6(2)8(3)5-10-7;/h4-5H2,1-3H3;1H. The van der Waals surface area contributed by atoms with Crippen molar-refractivity contribution in [3.8, 4) is 0 Å². The van der Waals surface area contributed by atoms with Gasteiger partial charge in [-0.05, 0) is 13.8 Å². The number of nitrogens with zero attached hydrogens (tertiary/aromatic N) is 1. The first-order chi connectivity index (χ1) is 4.75. The first-order valence-electron chi connectivity index (χ1n) is 3.43. The van der Waals surface area contributed by atoms with Gasteiger partial charge in [-0.25, -0.2) is 0 Å². The average molecular weight is 287 g/mol. The normalized spacial score (nSPS) is 16.8. The lowest BCUT2D eigenvalue weighted by atomic mass is 10.5. The van der Waals surface area contributed by atoms with Crippen molar-refractivity contribution in [3.63, 3.8) is 0 Å². The van der Waals surface area contributed by atoms with E-state index in [0.717, 1.165) is 17.6 Å². The van der Waals surface area contributed by atoms with Gasteiger partial charge in [-0.2, -0.15) is 0 Å². The van der Waals surface area contributed by atoms with E-state index in [1.807, 2.05) is 6.92 Å².